The summed E-state index contributed by atoms with van der Waals surface area (Å²) in [7, 11) is -2.18. The highest BCUT2D eigenvalue weighted by molar-refractivity contribution is 7.92. The van der Waals surface area contributed by atoms with Crippen molar-refractivity contribution < 1.29 is 17.9 Å². The minimum atomic E-state index is -3.75. The molecule has 1 N–H and O–H groups in total. The molecule has 0 heterocycles. The molecule has 0 saturated carbocycles. The molecule has 2 aromatic carbocycles. The molecule has 0 aliphatic heterocycles. The van der Waals surface area contributed by atoms with Crippen LogP contribution in [0.2, 0.25) is 10.0 Å². The average Bonchev–Trinajstić information content (AvgIpc) is 2.61. The fourth-order valence-electron chi connectivity index (χ4n) is 2.46. The van der Waals surface area contributed by atoms with Gasteiger partial charge in [-0.15, -0.1) is 0 Å². The average molecular weight is 431 g/mol. The number of amides is 1. The second kappa shape index (κ2) is 8.82. The lowest BCUT2D eigenvalue weighted by atomic mass is 10.1. The smallest absolute Gasteiger partial charge is 0.241 e. The fraction of sp³-hybridized carbons (Fsp3) is 0.278. The van der Waals surface area contributed by atoms with E-state index >= 15 is 0 Å². The predicted molar refractivity (Wildman–Crippen MR) is 108 cm³/mol. The van der Waals surface area contributed by atoms with Crippen LogP contribution in [-0.2, 0) is 14.8 Å². The van der Waals surface area contributed by atoms with E-state index in [0.717, 1.165) is 16.1 Å². The van der Waals surface area contributed by atoms with Gasteiger partial charge in [0.1, 0.15) is 12.3 Å². The number of benzene rings is 2. The van der Waals surface area contributed by atoms with Crippen LogP contribution in [0.25, 0.3) is 0 Å². The van der Waals surface area contributed by atoms with E-state index in [1.54, 1.807) is 38.3 Å². The molecule has 146 valence electrons. The summed E-state index contributed by atoms with van der Waals surface area (Å²) in [5, 5.41) is 3.05. The number of ether oxygens (including phenoxy) is 1. The SMILES string of the molecule is COc1ccc([C@@H](C)NC(=O)CN(c2cccc(Cl)c2Cl)S(C)(=O)=O)cc1. The molecule has 6 nitrogen and oxygen atoms in total. The van der Waals surface area contributed by atoms with Gasteiger partial charge in [0.2, 0.25) is 15.9 Å². The Labute approximate surface area is 169 Å². The highest BCUT2D eigenvalue weighted by Crippen LogP contribution is 2.33. The van der Waals surface area contributed by atoms with Crippen molar-refractivity contribution in [1.82, 2.24) is 5.32 Å². The zero-order chi connectivity index (χ0) is 20.2. The second-order valence-corrected chi connectivity index (χ2v) is 8.60. The van der Waals surface area contributed by atoms with Crippen LogP contribution in [0, 0.1) is 0 Å². The number of carbonyl (C=O) groups excluding carboxylic acids is 1. The topological polar surface area (TPSA) is 75.7 Å². The summed E-state index contributed by atoms with van der Waals surface area (Å²) in [4.78, 5) is 12.5. The van der Waals surface area contributed by atoms with Crippen LogP contribution >= 0.6 is 23.2 Å². The first-order valence-corrected chi connectivity index (χ1v) is 10.6. The number of sulfonamides is 1. The standard InChI is InChI=1S/C18H20Cl2N2O4S/c1-12(13-7-9-14(26-2)10-8-13)21-17(23)11-22(27(3,24)25)16-6-4-5-15(19)18(16)20/h4-10,12H,11H2,1-3H3,(H,21,23)/t12-/m1/s1. The Morgan fingerprint density at radius 3 is 2.37 bits per heavy atom. The van der Waals surface area contributed by atoms with Gasteiger partial charge in [-0.2, -0.15) is 0 Å². The first kappa shape index (κ1) is 21.3. The molecule has 0 radical (unpaired) electrons. The molecule has 9 heteroatoms. The zero-order valence-corrected chi connectivity index (χ0v) is 17.4. The summed E-state index contributed by atoms with van der Waals surface area (Å²) >= 11 is 12.1. The van der Waals surface area contributed by atoms with Crippen molar-refractivity contribution in [2.75, 3.05) is 24.2 Å². The van der Waals surface area contributed by atoms with E-state index in [1.807, 2.05) is 12.1 Å². The number of rotatable bonds is 7. The number of hydrogen-bond acceptors (Lipinski definition) is 4. The summed E-state index contributed by atoms with van der Waals surface area (Å²) in [6.07, 6.45) is 1.00. The molecule has 2 rings (SSSR count). The molecule has 27 heavy (non-hydrogen) atoms. The van der Waals surface area contributed by atoms with Gasteiger partial charge in [0.15, 0.2) is 0 Å². The lowest BCUT2D eigenvalue weighted by Gasteiger charge is -2.24. The monoisotopic (exact) mass is 430 g/mol. The normalized spacial score (nSPS) is 12.3. The first-order chi connectivity index (χ1) is 12.6. The van der Waals surface area contributed by atoms with Gasteiger partial charge in [0.05, 0.1) is 35.1 Å². The van der Waals surface area contributed by atoms with Gasteiger partial charge in [-0.3, -0.25) is 9.10 Å². The molecule has 0 aliphatic carbocycles. The molecule has 2 aromatic rings. The van der Waals surface area contributed by atoms with E-state index in [2.05, 4.69) is 5.32 Å². The van der Waals surface area contributed by atoms with Crippen LogP contribution in [0.3, 0.4) is 0 Å². The van der Waals surface area contributed by atoms with E-state index in [-0.39, 0.29) is 21.8 Å². The molecule has 0 aromatic heterocycles. The van der Waals surface area contributed by atoms with Crippen molar-refractivity contribution in [1.29, 1.82) is 0 Å². The molecular formula is C18H20Cl2N2O4S. The fourth-order valence-corrected chi connectivity index (χ4v) is 3.77. The summed E-state index contributed by atoms with van der Waals surface area (Å²) in [5.74, 6) is 0.232. The minimum absolute atomic E-state index is 0.0700. The zero-order valence-electron chi connectivity index (χ0n) is 15.1. The highest BCUT2D eigenvalue weighted by atomic mass is 35.5. The summed E-state index contributed by atoms with van der Waals surface area (Å²) in [6.45, 7) is 1.39. The lowest BCUT2D eigenvalue weighted by Crippen LogP contribution is -2.41. The molecule has 0 saturated heterocycles. The molecule has 0 fully saturated rings. The predicted octanol–water partition coefficient (Wildman–Crippen LogP) is 3.65. The molecule has 0 bridgehead atoms. The van der Waals surface area contributed by atoms with Crippen LogP contribution in [0.4, 0.5) is 5.69 Å². The van der Waals surface area contributed by atoms with Gasteiger partial charge in [-0.05, 0) is 36.8 Å². The Hall–Kier alpha value is -1.96. The molecule has 0 spiro atoms. The van der Waals surface area contributed by atoms with Gasteiger partial charge in [0.25, 0.3) is 0 Å². The van der Waals surface area contributed by atoms with Gasteiger partial charge >= 0.3 is 0 Å². The van der Waals surface area contributed by atoms with Crippen molar-refractivity contribution in [2.24, 2.45) is 0 Å². The largest absolute Gasteiger partial charge is 0.497 e. The van der Waals surface area contributed by atoms with E-state index in [1.165, 1.54) is 6.07 Å². The van der Waals surface area contributed by atoms with E-state index in [0.29, 0.717) is 5.75 Å². The van der Waals surface area contributed by atoms with Crippen molar-refractivity contribution in [3.63, 3.8) is 0 Å². The number of carbonyl (C=O) groups is 1. The number of methoxy groups -OCH3 is 1. The number of nitrogens with zero attached hydrogens (tertiary/aromatic N) is 1. The van der Waals surface area contributed by atoms with E-state index in [9.17, 15) is 13.2 Å². The Balaban J connectivity index is 2.17. The summed E-state index contributed by atoms with van der Waals surface area (Å²) < 4.78 is 30.4. The van der Waals surface area contributed by atoms with Crippen LogP contribution in [0.15, 0.2) is 42.5 Å². The van der Waals surface area contributed by atoms with Crippen molar-refractivity contribution in [3.8, 4) is 5.75 Å². The first-order valence-electron chi connectivity index (χ1n) is 7.98. The molecule has 1 amide bonds. The maximum absolute atomic E-state index is 12.5. The van der Waals surface area contributed by atoms with Crippen LogP contribution in [0.1, 0.15) is 18.5 Å². The molecule has 0 aliphatic rings. The maximum Gasteiger partial charge on any atom is 0.241 e. The van der Waals surface area contributed by atoms with Gasteiger partial charge in [-0.25, -0.2) is 8.42 Å². The van der Waals surface area contributed by atoms with Crippen molar-refractivity contribution >= 4 is 44.8 Å². The Morgan fingerprint density at radius 1 is 1.19 bits per heavy atom. The lowest BCUT2D eigenvalue weighted by molar-refractivity contribution is -0.120. The van der Waals surface area contributed by atoms with E-state index in [4.69, 9.17) is 27.9 Å². The molecule has 0 unspecified atom stereocenters. The molecule has 1 atom stereocenters. The number of nitrogens with one attached hydrogen (secondary N) is 1. The van der Waals surface area contributed by atoms with Crippen molar-refractivity contribution in [2.45, 2.75) is 13.0 Å². The third kappa shape index (κ3) is 5.51. The van der Waals surface area contributed by atoms with Crippen LogP contribution in [0.5, 0.6) is 5.75 Å². The van der Waals surface area contributed by atoms with Gasteiger partial charge < -0.3 is 10.1 Å². The summed E-state index contributed by atoms with van der Waals surface area (Å²) in [6, 6.07) is 11.5. The number of anilines is 1. The summed E-state index contributed by atoms with van der Waals surface area (Å²) in [5.41, 5.74) is 1.01. The quantitative estimate of drug-likeness (QED) is 0.726. The van der Waals surface area contributed by atoms with E-state index < -0.39 is 22.5 Å². The van der Waals surface area contributed by atoms with Crippen LogP contribution < -0.4 is 14.4 Å². The van der Waals surface area contributed by atoms with Gasteiger partial charge in [-0.1, -0.05) is 41.4 Å². The Morgan fingerprint density at radius 2 is 1.81 bits per heavy atom. The minimum Gasteiger partial charge on any atom is -0.497 e. The van der Waals surface area contributed by atoms with Crippen molar-refractivity contribution in [3.05, 3.63) is 58.1 Å². The highest BCUT2D eigenvalue weighted by Gasteiger charge is 2.24. The third-order valence-electron chi connectivity index (χ3n) is 3.88. The number of halogens is 2. The van der Waals surface area contributed by atoms with Crippen LogP contribution in [-0.4, -0.2) is 34.2 Å². The molecular weight excluding hydrogens is 411 g/mol. The second-order valence-electron chi connectivity index (χ2n) is 5.90. The Bertz CT molecular complexity index is 917. The Kier molecular flexibility index (Phi) is 6.97. The number of hydrogen-bond donors (Lipinski definition) is 1. The third-order valence-corrected chi connectivity index (χ3v) is 5.82. The maximum atomic E-state index is 12.5. The van der Waals surface area contributed by atoms with Gasteiger partial charge in [0, 0.05) is 0 Å².